The van der Waals surface area contributed by atoms with Crippen LogP contribution in [0.2, 0.25) is 18.1 Å². The Balaban J connectivity index is 1.50. The Hall–Kier alpha value is -1.50. The molecular weight excluding hydrogens is 460 g/mol. The highest BCUT2D eigenvalue weighted by atomic mass is 28.4. The number of ether oxygens (including phenoxy) is 5. The van der Waals surface area contributed by atoms with Gasteiger partial charge in [0.1, 0.15) is 36.6 Å². The quantitative estimate of drug-likeness (QED) is 0.510. The molecule has 3 N–H and O–H groups in total. The van der Waals surface area contributed by atoms with E-state index in [1.54, 1.807) is 18.2 Å². The molecule has 1 aromatic rings. The average molecular weight is 497 g/mol. The monoisotopic (exact) mass is 496 g/mol. The van der Waals surface area contributed by atoms with Crippen molar-refractivity contribution >= 4 is 14.4 Å². The summed E-state index contributed by atoms with van der Waals surface area (Å²) in [6, 6.07) is 3.54. The summed E-state index contributed by atoms with van der Waals surface area (Å²) in [6.45, 7) is 10.9. The van der Waals surface area contributed by atoms with Gasteiger partial charge in [-0.05, 0) is 41.4 Å². The molecule has 1 fully saturated rings. The van der Waals surface area contributed by atoms with Crippen LogP contribution in [-0.2, 0) is 18.6 Å². The molecule has 7 atom stereocenters. The zero-order valence-electron chi connectivity index (χ0n) is 20.6. The van der Waals surface area contributed by atoms with Crippen LogP contribution < -0.4 is 9.47 Å². The third-order valence-corrected chi connectivity index (χ3v) is 11.8. The molecule has 0 aromatic heterocycles. The molecule has 4 rings (SSSR count). The summed E-state index contributed by atoms with van der Waals surface area (Å²) in [7, 11) is -0.681. The van der Waals surface area contributed by atoms with E-state index in [2.05, 4.69) is 33.9 Å². The van der Waals surface area contributed by atoms with Crippen molar-refractivity contribution in [2.45, 2.75) is 81.8 Å². The fourth-order valence-corrected chi connectivity index (χ4v) is 5.07. The molecule has 0 spiro atoms. The lowest BCUT2D eigenvalue weighted by Gasteiger charge is -2.45. The number of methoxy groups -OCH3 is 1. The largest absolute Gasteiger partial charge is 0.454 e. The first-order valence-electron chi connectivity index (χ1n) is 11.6. The van der Waals surface area contributed by atoms with E-state index in [1.165, 1.54) is 7.11 Å². The van der Waals surface area contributed by atoms with E-state index in [1.807, 2.05) is 6.08 Å². The minimum Gasteiger partial charge on any atom is -0.454 e. The second kappa shape index (κ2) is 9.51. The van der Waals surface area contributed by atoms with Crippen LogP contribution in [0.3, 0.4) is 0 Å². The molecule has 190 valence electrons. The van der Waals surface area contributed by atoms with Crippen LogP contribution in [0.5, 0.6) is 11.5 Å². The van der Waals surface area contributed by atoms with Crippen LogP contribution in [0.25, 0.3) is 6.08 Å². The summed E-state index contributed by atoms with van der Waals surface area (Å²) in [5, 5.41) is 32.9. The van der Waals surface area contributed by atoms with Gasteiger partial charge in [0.05, 0.1) is 6.61 Å². The minimum atomic E-state index is -2.10. The molecule has 2 heterocycles. The molecular formula is C24H36O9Si. The number of benzene rings is 1. The molecule has 10 heteroatoms. The summed E-state index contributed by atoms with van der Waals surface area (Å²) in [5.41, 5.74) is 1.41. The van der Waals surface area contributed by atoms with Crippen LogP contribution in [0.4, 0.5) is 0 Å². The fraction of sp³-hybridized carbons (Fsp3) is 0.667. The van der Waals surface area contributed by atoms with Crippen LogP contribution in [0, 0.1) is 0 Å². The van der Waals surface area contributed by atoms with Crippen molar-refractivity contribution in [1.82, 2.24) is 0 Å². The Morgan fingerprint density at radius 1 is 1.06 bits per heavy atom. The standard InChI is InChI=1S/C24H36O9Si/c1-24(2,3)34(5,6)31-11-18-20(26)22(21(27)23(28-4)33-18)32-15-8-7-13-9-16-17(30-12-29-16)10-14(13)19(15)25/h7-10,15,18-23,25-27H,11-12H2,1-6H3/t15-,18-,19-,20-,21+,22+,23+/m1/s1. The van der Waals surface area contributed by atoms with E-state index in [0.717, 1.165) is 5.56 Å². The van der Waals surface area contributed by atoms with Gasteiger partial charge in [0.25, 0.3) is 0 Å². The molecule has 2 aliphatic heterocycles. The normalized spacial score (nSPS) is 33.1. The summed E-state index contributed by atoms with van der Waals surface area (Å²) < 4.78 is 34.3. The van der Waals surface area contributed by atoms with Gasteiger partial charge >= 0.3 is 0 Å². The van der Waals surface area contributed by atoms with Gasteiger partial charge in [-0.25, -0.2) is 0 Å². The summed E-state index contributed by atoms with van der Waals surface area (Å²) in [4.78, 5) is 0. The van der Waals surface area contributed by atoms with E-state index >= 15 is 0 Å². The number of hydrogen-bond acceptors (Lipinski definition) is 9. The van der Waals surface area contributed by atoms with Gasteiger partial charge in [-0.3, -0.25) is 0 Å². The highest BCUT2D eigenvalue weighted by Crippen LogP contribution is 2.41. The van der Waals surface area contributed by atoms with Crippen LogP contribution in [0.1, 0.15) is 38.0 Å². The number of aliphatic hydroxyl groups is 3. The highest BCUT2D eigenvalue weighted by Gasteiger charge is 2.48. The first-order chi connectivity index (χ1) is 15.9. The first-order valence-corrected chi connectivity index (χ1v) is 14.5. The highest BCUT2D eigenvalue weighted by molar-refractivity contribution is 6.74. The van der Waals surface area contributed by atoms with E-state index in [9.17, 15) is 15.3 Å². The topological polar surface area (TPSA) is 116 Å². The summed E-state index contributed by atoms with van der Waals surface area (Å²) >= 11 is 0. The third kappa shape index (κ3) is 4.78. The average Bonchev–Trinajstić information content (AvgIpc) is 3.23. The lowest BCUT2D eigenvalue weighted by atomic mass is 9.91. The molecule has 1 aliphatic carbocycles. The predicted octanol–water partition coefficient (Wildman–Crippen LogP) is 2.34. The molecule has 0 unspecified atom stereocenters. The van der Waals surface area contributed by atoms with Crippen molar-refractivity contribution in [2.75, 3.05) is 20.5 Å². The second-order valence-electron chi connectivity index (χ2n) is 10.5. The van der Waals surface area contributed by atoms with Crippen LogP contribution >= 0.6 is 0 Å². The Kier molecular flexibility index (Phi) is 7.16. The zero-order valence-corrected chi connectivity index (χ0v) is 21.6. The van der Waals surface area contributed by atoms with Crippen molar-refractivity contribution in [3.8, 4) is 11.5 Å². The summed E-state index contributed by atoms with van der Waals surface area (Å²) in [6.07, 6.45) is -3.60. The molecule has 1 saturated heterocycles. The molecule has 34 heavy (non-hydrogen) atoms. The van der Waals surface area contributed by atoms with E-state index in [0.29, 0.717) is 17.1 Å². The number of hydrogen-bond donors (Lipinski definition) is 3. The minimum absolute atomic E-state index is 0.0119. The number of rotatable bonds is 6. The van der Waals surface area contributed by atoms with Gasteiger partial charge in [0.2, 0.25) is 6.79 Å². The van der Waals surface area contributed by atoms with E-state index < -0.39 is 51.2 Å². The van der Waals surface area contributed by atoms with Gasteiger partial charge in [0.15, 0.2) is 26.1 Å². The third-order valence-electron chi connectivity index (χ3n) is 7.28. The fourth-order valence-electron chi connectivity index (χ4n) is 4.06. The SMILES string of the molecule is CO[C@H]1O[C@H](CO[Si](C)(C)C(C)(C)C)[C@@H](O)[C@H](O[C@@H]2C=Cc3cc4c(cc3[C@H]2O)OCO4)[C@@H]1O. The lowest BCUT2D eigenvalue weighted by Crippen LogP contribution is -2.61. The molecule has 0 saturated carbocycles. The van der Waals surface area contributed by atoms with Crippen LogP contribution in [0.15, 0.2) is 18.2 Å². The molecule has 1 aromatic carbocycles. The number of aliphatic hydroxyl groups excluding tert-OH is 3. The van der Waals surface area contributed by atoms with Gasteiger partial charge in [-0.2, -0.15) is 0 Å². The Morgan fingerprint density at radius 2 is 1.74 bits per heavy atom. The zero-order chi connectivity index (χ0) is 24.8. The summed E-state index contributed by atoms with van der Waals surface area (Å²) in [5.74, 6) is 1.18. The lowest BCUT2D eigenvalue weighted by molar-refractivity contribution is -0.307. The molecule has 0 radical (unpaired) electrons. The Labute approximate surface area is 201 Å². The molecule has 9 nitrogen and oxygen atoms in total. The van der Waals surface area contributed by atoms with Crippen molar-refractivity contribution in [3.63, 3.8) is 0 Å². The maximum Gasteiger partial charge on any atom is 0.231 e. The maximum absolute atomic E-state index is 11.1. The smallest absolute Gasteiger partial charge is 0.231 e. The van der Waals surface area contributed by atoms with Crippen molar-refractivity contribution in [2.24, 2.45) is 0 Å². The van der Waals surface area contributed by atoms with Crippen molar-refractivity contribution < 1.29 is 43.4 Å². The van der Waals surface area contributed by atoms with Crippen molar-refractivity contribution in [3.05, 3.63) is 29.3 Å². The van der Waals surface area contributed by atoms with E-state index in [-0.39, 0.29) is 18.4 Å². The van der Waals surface area contributed by atoms with Gasteiger partial charge in [0, 0.05) is 7.11 Å². The number of fused-ring (bicyclic) bond motifs is 2. The molecule has 3 aliphatic rings. The maximum atomic E-state index is 11.1. The predicted molar refractivity (Wildman–Crippen MR) is 126 cm³/mol. The van der Waals surface area contributed by atoms with Gasteiger partial charge < -0.3 is 43.4 Å². The Bertz CT molecular complexity index is 912. The van der Waals surface area contributed by atoms with Gasteiger partial charge in [-0.1, -0.05) is 32.9 Å². The first kappa shape index (κ1) is 25.6. The molecule has 0 amide bonds. The van der Waals surface area contributed by atoms with Crippen LogP contribution in [-0.4, -0.2) is 81.0 Å². The van der Waals surface area contributed by atoms with Gasteiger partial charge in [-0.15, -0.1) is 0 Å². The second-order valence-corrected chi connectivity index (χ2v) is 15.3. The molecule has 0 bridgehead atoms. The van der Waals surface area contributed by atoms with E-state index in [4.69, 9.17) is 28.1 Å². The van der Waals surface area contributed by atoms with Crippen molar-refractivity contribution in [1.29, 1.82) is 0 Å². The Morgan fingerprint density at radius 3 is 2.38 bits per heavy atom.